The lowest BCUT2D eigenvalue weighted by molar-refractivity contribution is 0.577. The Labute approximate surface area is 113 Å². The normalized spacial score (nSPS) is 16.5. The van der Waals surface area contributed by atoms with E-state index in [9.17, 15) is 16.8 Å². The average molecular weight is 304 g/mol. The number of hydrogen-bond donors (Lipinski definition) is 2. The molecule has 1 aromatic carbocycles. The molecule has 0 radical (unpaired) electrons. The minimum Gasteiger partial charge on any atom is -0.225 e. The van der Waals surface area contributed by atoms with Crippen molar-refractivity contribution in [1.29, 1.82) is 0 Å². The first-order chi connectivity index (χ1) is 8.76. The zero-order valence-electron chi connectivity index (χ0n) is 10.2. The van der Waals surface area contributed by atoms with Gasteiger partial charge in [-0.25, -0.2) is 26.7 Å². The SMILES string of the molecule is NS(=O)(=O)c1ccc(CNS(=O)(=O)CC2CC2)cc1. The third-order valence-corrected chi connectivity index (χ3v) is 5.32. The molecular weight excluding hydrogens is 288 g/mol. The first kappa shape index (κ1) is 14.4. The van der Waals surface area contributed by atoms with Gasteiger partial charge in [0.15, 0.2) is 0 Å². The maximum Gasteiger partial charge on any atom is 0.238 e. The van der Waals surface area contributed by atoms with Crippen LogP contribution in [0.4, 0.5) is 0 Å². The lowest BCUT2D eigenvalue weighted by atomic mass is 10.2. The quantitative estimate of drug-likeness (QED) is 0.781. The highest BCUT2D eigenvalue weighted by Crippen LogP contribution is 2.29. The number of benzene rings is 1. The second-order valence-electron chi connectivity index (χ2n) is 4.73. The Morgan fingerprint density at radius 3 is 2.16 bits per heavy atom. The van der Waals surface area contributed by atoms with Crippen LogP contribution < -0.4 is 9.86 Å². The molecule has 0 bridgehead atoms. The minimum absolute atomic E-state index is 0.0112. The summed E-state index contributed by atoms with van der Waals surface area (Å²) in [5.41, 5.74) is 0.687. The lowest BCUT2D eigenvalue weighted by Gasteiger charge is -2.06. The highest BCUT2D eigenvalue weighted by atomic mass is 32.2. The van der Waals surface area contributed by atoms with Crippen molar-refractivity contribution in [3.05, 3.63) is 29.8 Å². The molecule has 1 aromatic rings. The Morgan fingerprint density at radius 1 is 1.11 bits per heavy atom. The standard InChI is InChI=1S/C11H16N2O4S2/c12-19(16,17)11-5-3-9(4-6-11)7-13-18(14,15)8-10-1-2-10/h3-6,10,13H,1-2,7-8H2,(H2,12,16,17). The third-order valence-electron chi connectivity index (χ3n) is 2.90. The summed E-state index contributed by atoms with van der Waals surface area (Å²) in [6.45, 7) is 0.153. The number of sulfonamides is 2. The van der Waals surface area contributed by atoms with Gasteiger partial charge in [-0.15, -0.1) is 0 Å². The summed E-state index contributed by atoms with van der Waals surface area (Å²) < 4.78 is 47.9. The fourth-order valence-electron chi connectivity index (χ4n) is 1.64. The van der Waals surface area contributed by atoms with Crippen LogP contribution in [0.3, 0.4) is 0 Å². The van der Waals surface area contributed by atoms with Gasteiger partial charge in [-0.1, -0.05) is 12.1 Å². The first-order valence-corrected chi connectivity index (χ1v) is 9.05. The molecule has 0 heterocycles. The lowest BCUT2D eigenvalue weighted by Crippen LogP contribution is -2.26. The van der Waals surface area contributed by atoms with Crippen molar-refractivity contribution in [1.82, 2.24) is 4.72 Å². The molecule has 0 spiro atoms. The van der Waals surface area contributed by atoms with Gasteiger partial charge < -0.3 is 0 Å². The van der Waals surface area contributed by atoms with Crippen molar-refractivity contribution in [3.63, 3.8) is 0 Å². The molecule has 1 fully saturated rings. The monoisotopic (exact) mass is 304 g/mol. The summed E-state index contributed by atoms with van der Waals surface area (Å²) in [7, 11) is -6.96. The second kappa shape index (κ2) is 5.20. The maximum atomic E-state index is 11.7. The van der Waals surface area contributed by atoms with Crippen molar-refractivity contribution in [2.75, 3.05) is 5.75 Å². The molecule has 0 unspecified atom stereocenters. The molecule has 19 heavy (non-hydrogen) atoms. The van der Waals surface area contributed by atoms with Crippen LogP contribution in [0.15, 0.2) is 29.2 Å². The fourth-order valence-corrected chi connectivity index (χ4v) is 3.62. The predicted molar refractivity (Wildman–Crippen MR) is 71.2 cm³/mol. The number of nitrogens with two attached hydrogens (primary N) is 1. The molecule has 0 aliphatic heterocycles. The average Bonchev–Trinajstić information content (AvgIpc) is 3.09. The maximum absolute atomic E-state index is 11.7. The van der Waals surface area contributed by atoms with E-state index < -0.39 is 20.0 Å². The van der Waals surface area contributed by atoms with E-state index in [-0.39, 0.29) is 17.2 Å². The van der Waals surface area contributed by atoms with Gasteiger partial charge >= 0.3 is 0 Å². The number of primary sulfonamides is 1. The van der Waals surface area contributed by atoms with E-state index in [4.69, 9.17) is 5.14 Å². The summed E-state index contributed by atoms with van der Waals surface area (Å²) in [6, 6.07) is 5.80. The second-order valence-corrected chi connectivity index (χ2v) is 8.15. The Kier molecular flexibility index (Phi) is 3.95. The summed E-state index contributed by atoms with van der Waals surface area (Å²) in [5, 5.41) is 4.97. The van der Waals surface area contributed by atoms with Crippen molar-refractivity contribution >= 4 is 20.0 Å². The zero-order valence-corrected chi connectivity index (χ0v) is 11.9. The summed E-state index contributed by atoms with van der Waals surface area (Å²) in [6.07, 6.45) is 1.95. The number of rotatable bonds is 6. The molecular formula is C11H16N2O4S2. The zero-order chi connectivity index (χ0) is 14.1. The van der Waals surface area contributed by atoms with Gasteiger partial charge in [0.1, 0.15) is 0 Å². The Morgan fingerprint density at radius 2 is 1.68 bits per heavy atom. The Hall–Kier alpha value is -0.960. The molecule has 0 saturated heterocycles. The summed E-state index contributed by atoms with van der Waals surface area (Å²) in [4.78, 5) is 0.0112. The van der Waals surface area contributed by atoms with Gasteiger partial charge in [0.2, 0.25) is 20.0 Å². The van der Waals surface area contributed by atoms with Crippen LogP contribution in [0.2, 0.25) is 0 Å². The Bertz CT molecular complexity index is 646. The van der Waals surface area contributed by atoms with Crippen LogP contribution in [0, 0.1) is 5.92 Å². The largest absolute Gasteiger partial charge is 0.238 e. The number of nitrogens with one attached hydrogen (secondary N) is 1. The van der Waals surface area contributed by atoms with Gasteiger partial charge in [0.05, 0.1) is 10.6 Å². The van der Waals surface area contributed by atoms with Crippen molar-refractivity contribution in [3.8, 4) is 0 Å². The van der Waals surface area contributed by atoms with Crippen LogP contribution in [0.25, 0.3) is 0 Å². The van der Waals surface area contributed by atoms with Crippen LogP contribution in [-0.4, -0.2) is 22.6 Å². The predicted octanol–water partition coefficient (Wildman–Crippen LogP) is 0.163. The molecule has 3 N–H and O–H groups in total. The first-order valence-electron chi connectivity index (χ1n) is 5.85. The van der Waals surface area contributed by atoms with E-state index in [0.29, 0.717) is 11.5 Å². The molecule has 0 atom stereocenters. The van der Waals surface area contributed by atoms with Crippen LogP contribution in [-0.2, 0) is 26.6 Å². The van der Waals surface area contributed by atoms with Crippen molar-refractivity contribution < 1.29 is 16.8 Å². The Balaban J connectivity index is 1.96. The third kappa shape index (κ3) is 4.57. The smallest absolute Gasteiger partial charge is 0.225 e. The van der Waals surface area contributed by atoms with E-state index in [1.165, 1.54) is 12.1 Å². The molecule has 0 amide bonds. The molecule has 0 aromatic heterocycles. The van der Waals surface area contributed by atoms with Crippen LogP contribution in [0.1, 0.15) is 18.4 Å². The molecule has 6 nitrogen and oxygen atoms in total. The van der Waals surface area contributed by atoms with Crippen molar-refractivity contribution in [2.24, 2.45) is 11.1 Å². The highest BCUT2D eigenvalue weighted by Gasteiger charge is 2.27. The van der Waals surface area contributed by atoms with E-state index >= 15 is 0 Å². The van der Waals surface area contributed by atoms with Gasteiger partial charge in [-0.2, -0.15) is 0 Å². The van der Waals surface area contributed by atoms with E-state index in [2.05, 4.69) is 4.72 Å². The minimum atomic E-state index is -3.71. The topological polar surface area (TPSA) is 106 Å². The highest BCUT2D eigenvalue weighted by molar-refractivity contribution is 7.89. The van der Waals surface area contributed by atoms with Gasteiger partial charge in [-0.05, 0) is 36.5 Å². The van der Waals surface area contributed by atoms with E-state index in [1.807, 2.05) is 0 Å². The van der Waals surface area contributed by atoms with Crippen molar-refractivity contribution in [2.45, 2.75) is 24.3 Å². The molecule has 1 saturated carbocycles. The molecule has 2 rings (SSSR count). The molecule has 1 aliphatic carbocycles. The van der Waals surface area contributed by atoms with Gasteiger partial charge in [-0.3, -0.25) is 0 Å². The summed E-state index contributed by atoms with van der Waals surface area (Å²) in [5.74, 6) is 0.463. The fraction of sp³-hybridized carbons (Fsp3) is 0.455. The number of hydrogen-bond acceptors (Lipinski definition) is 4. The van der Waals surface area contributed by atoms with E-state index in [0.717, 1.165) is 12.8 Å². The molecule has 1 aliphatic rings. The van der Waals surface area contributed by atoms with Gasteiger partial charge in [0.25, 0.3) is 0 Å². The van der Waals surface area contributed by atoms with Gasteiger partial charge in [0, 0.05) is 6.54 Å². The molecule has 106 valence electrons. The molecule has 8 heteroatoms. The van der Waals surface area contributed by atoms with E-state index in [1.54, 1.807) is 12.1 Å². The van der Waals surface area contributed by atoms with Crippen LogP contribution >= 0.6 is 0 Å². The summed E-state index contributed by atoms with van der Waals surface area (Å²) >= 11 is 0. The van der Waals surface area contributed by atoms with Crippen LogP contribution in [0.5, 0.6) is 0 Å².